The average molecular weight is 397 g/mol. The van der Waals surface area contributed by atoms with Gasteiger partial charge in [-0.1, -0.05) is 26.8 Å². The fraction of sp³-hybridized carbons (Fsp3) is 0.389. The molecule has 4 N–H and O–H groups in total. The fourth-order valence-corrected chi connectivity index (χ4v) is 2.39. The highest BCUT2D eigenvalue weighted by atomic mass is 19.4. The van der Waals surface area contributed by atoms with Gasteiger partial charge in [-0.25, -0.2) is 9.48 Å². The smallest absolute Gasteiger partial charge is 0.392 e. The van der Waals surface area contributed by atoms with Crippen LogP contribution in [0.3, 0.4) is 0 Å². The van der Waals surface area contributed by atoms with Crippen molar-refractivity contribution in [3.63, 3.8) is 0 Å². The number of nitrogens with one attached hydrogen (secondary N) is 1. The van der Waals surface area contributed by atoms with Gasteiger partial charge in [0.25, 0.3) is 0 Å². The molecule has 152 valence electrons. The lowest BCUT2D eigenvalue weighted by molar-refractivity contribution is -0.141. The van der Waals surface area contributed by atoms with Crippen molar-refractivity contribution in [3.05, 3.63) is 47.1 Å². The number of aromatic nitrogens is 3. The number of amides is 2. The van der Waals surface area contributed by atoms with E-state index in [-0.39, 0.29) is 28.9 Å². The molecular weight excluding hydrogens is 375 g/mol. The maximum Gasteiger partial charge on any atom is 0.435 e. The number of aliphatic hydroxyl groups is 1. The third-order valence-electron chi connectivity index (χ3n) is 3.70. The summed E-state index contributed by atoms with van der Waals surface area (Å²) in [4.78, 5) is 15.4. The molecule has 2 heterocycles. The molecule has 7 nitrogen and oxygen atoms in total. The minimum atomic E-state index is -4.61. The summed E-state index contributed by atoms with van der Waals surface area (Å²) in [6.07, 6.45) is -0.0971. The Morgan fingerprint density at radius 2 is 2.04 bits per heavy atom. The highest BCUT2D eigenvalue weighted by Gasteiger charge is 2.35. The second-order valence-electron chi connectivity index (χ2n) is 7.26. The number of allylic oxidation sites excluding steroid dienone is 1. The van der Waals surface area contributed by atoms with Crippen LogP contribution in [-0.2, 0) is 19.2 Å². The van der Waals surface area contributed by atoms with Gasteiger partial charge in [-0.3, -0.25) is 4.98 Å². The number of carbonyl (C=O) groups is 1. The molecule has 0 aliphatic heterocycles. The Hall–Kier alpha value is -2.88. The van der Waals surface area contributed by atoms with E-state index in [1.807, 2.05) is 20.8 Å². The highest BCUT2D eigenvalue weighted by Crippen LogP contribution is 2.30. The van der Waals surface area contributed by atoms with Crippen LogP contribution < -0.4 is 11.1 Å². The quantitative estimate of drug-likeness (QED) is 0.719. The summed E-state index contributed by atoms with van der Waals surface area (Å²) >= 11 is 0. The molecule has 0 saturated heterocycles. The van der Waals surface area contributed by atoms with Gasteiger partial charge in [0.2, 0.25) is 0 Å². The van der Waals surface area contributed by atoms with Crippen molar-refractivity contribution in [1.82, 2.24) is 14.8 Å². The number of urea groups is 1. The lowest BCUT2D eigenvalue weighted by Gasteiger charge is -2.14. The Bertz CT molecular complexity index is 882. The van der Waals surface area contributed by atoms with E-state index in [1.165, 1.54) is 18.5 Å². The molecule has 0 saturated carbocycles. The average Bonchev–Trinajstić information content (AvgIpc) is 2.96. The molecule has 0 aromatic carbocycles. The van der Waals surface area contributed by atoms with Gasteiger partial charge in [0.15, 0.2) is 5.69 Å². The monoisotopic (exact) mass is 397 g/mol. The van der Waals surface area contributed by atoms with Crippen molar-refractivity contribution in [2.24, 2.45) is 11.1 Å². The second-order valence-corrected chi connectivity index (χ2v) is 7.26. The van der Waals surface area contributed by atoms with Gasteiger partial charge in [0.1, 0.15) is 0 Å². The molecule has 0 aliphatic carbocycles. The van der Waals surface area contributed by atoms with Gasteiger partial charge >= 0.3 is 12.2 Å². The first-order chi connectivity index (χ1) is 12.9. The minimum absolute atomic E-state index is 0.0684. The van der Waals surface area contributed by atoms with Crippen molar-refractivity contribution < 1.29 is 23.1 Å². The summed E-state index contributed by atoms with van der Waals surface area (Å²) in [5.74, 6) is 0. The van der Waals surface area contributed by atoms with Crippen molar-refractivity contribution >= 4 is 17.9 Å². The van der Waals surface area contributed by atoms with E-state index >= 15 is 0 Å². The van der Waals surface area contributed by atoms with Crippen molar-refractivity contribution in [2.75, 3.05) is 5.32 Å². The second kappa shape index (κ2) is 8.01. The number of aliphatic hydroxyl groups excluding tert-OH is 1. The van der Waals surface area contributed by atoms with E-state index in [0.29, 0.717) is 5.56 Å². The van der Waals surface area contributed by atoms with E-state index in [0.717, 1.165) is 10.7 Å². The summed E-state index contributed by atoms with van der Waals surface area (Å²) in [5, 5.41) is 15.5. The topological polar surface area (TPSA) is 106 Å². The minimum Gasteiger partial charge on any atom is -0.392 e. The third-order valence-corrected chi connectivity index (χ3v) is 3.70. The maximum atomic E-state index is 13.1. The number of hydrogen-bond acceptors (Lipinski definition) is 4. The molecule has 0 spiro atoms. The Morgan fingerprint density at radius 3 is 2.57 bits per heavy atom. The van der Waals surface area contributed by atoms with Crippen LogP contribution in [0.15, 0.2) is 24.4 Å². The first-order valence-corrected chi connectivity index (χ1v) is 8.40. The Morgan fingerprint density at radius 1 is 1.36 bits per heavy atom. The molecular formula is C18H22F3N5O2. The largest absolute Gasteiger partial charge is 0.435 e. The third kappa shape index (κ3) is 5.56. The van der Waals surface area contributed by atoms with Crippen LogP contribution in [0.1, 0.15) is 43.4 Å². The number of alkyl halides is 3. The van der Waals surface area contributed by atoms with E-state index in [2.05, 4.69) is 15.4 Å². The Kier molecular flexibility index (Phi) is 6.13. The molecule has 2 amide bonds. The van der Waals surface area contributed by atoms with E-state index in [1.54, 1.807) is 6.08 Å². The standard InChI is InChI=1S/C18H22F3N5O2/c1-17(2,3)5-7-26-12(9-14(25-26)18(19,20)21)8-13-15(24-16(22)28)11(10-27)4-6-23-13/h4-7,9,27H,8,10H2,1-3H3,(H3,22,24,28)/b7-5+. The molecule has 0 radical (unpaired) electrons. The van der Waals surface area contributed by atoms with Crippen LogP contribution in [-0.4, -0.2) is 25.9 Å². The molecule has 0 bridgehead atoms. The molecule has 0 atom stereocenters. The predicted molar refractivity (Wildman–Crippen MR) is 98.2 cm³/mol. The summed E-state index contributed by atoms with van der Waals surface area (Å²) < 4.78 is 40.6. The molecule has 2 aromatic rings. The van der Waals surface area contributed by atoms with Gasteiger partial charge in [-0.2, -0.15) is 18.3 Å². The maximum absolute atomic E-state index is 13.1. The first-order valence-electron chi connectivity index (χ1n) is 8.40. The zero-order valence-corrected chi connectivity index (χ0v) is 15.7. The highest BCUT2D eigenvalue weighted by molar-refractivity contribution is 5.89. The summed E-state index contributed by atoms with van der Waals surface area (Å²) in [6, 6.07) is 1.53. The lowest BCUT2D eigenvalue weighted by Crippen LogP contribution is -2.22. The molecule has 0 aliphatic rings. The van der Waals surface area contributed by atoms with E-state index < -0.39 is 24.5 Å². The van der Waals surface area contributed by atoms with E-state index in [9.17, 15) is 23.1 Å². The van der Waals surface area contributed by atoms with Gasteiger partial charge < -0.3 is 16.2 Å². The van der Waals surface area contributed by atoms with Gasteiger partial charge in [0, 0.05) is 24.4 Å². The Labute approximate surface area is 160 Å². The molecule has 10 heteroatoms. The number of anilines is 1. The molecule has 28 heavy (non-hydrogen) atoms. The SMILES string of the molecule is CC(C)(C)/C=C/n1nc(C(F)(F)F)cc1Cc1nccc(CO)c1NC(N)=O. The van der Waals surface area contributed by atoms with Crippen LogP contribution in [0.2, 0.25) is 0 Å². The number of rotatable bonds is 5. The number of pyridine rings is 1. The summed E-state index contributed by atoms with van der Waals surface area (Å²) in [7, 11) is 0. The zero-order valence-electron chi connectivity index (χ0n) is 15.7. The molecule has 2 aromatic heterocycles. The van der Waals surface area contributed by atoms with Crippen LogP contribution in [0.4, 0.5) is 23.7 Å². The lowest BCUT2D eigenvalue weighted by atomic mass is 9.97. The Balaban J connectivity index is 2.52. The van der Waals surface area contributed by atoms with Crippen LogP contribution in [0, 0.1) is 5.41 Å². The first kappa shape index (κ1) is 21.4. The van der Waals surface area contributed by atoms with Crippen molar-refractivity contribution in [3.8, 4) is 0 Å². The van der Waals surface area contributed by atoms with Crippen LogP contribution in [0.25, 0.3) is 6.20 Å². The normalized spacial score (nSPS) is 12.5. The van der Waals surface area contributed by atoms with Gasteiger partial charge in [-0.05, 0) is 17.5 Å². The number of nitrogens with zero attached hydrogens (tertiary/aromatic N) is 3. The predicted octanol–water partition coefficient (Wildman–Crippen LogP) is 3.39. The number of primary amides is 1. The zero-order chi connectivity index (χ0) is 21.1. The number of nitrogens with two attached hydrogens (primary N) is 1. The molecule has 2 rings (SSSR count). The number of hydrogen-bond donors (Lipinski definition) is 3. The van der Waals surface area contributed by atoms with Gasteiger partial charge in [0.05, 0.1) is 23.7 Å². The number of halogens is 3. The van der Waals surface area contributed by atoms with Crippen molar-refractivity contribution in [1.29, 1.82) is 0 Å². The summed E-state index contributed by atoms with van der Waals surface area (Å²) in [6.45, 7) is 5.30. The van der Waals surface area contributed by atoms with Crippen LogP contribution in [0.5, 0.6) is 0 Å². The van der Waals surface area contributed by atoms with Crippen molar-refractivity contribution in [2.45, 2.75) is 40.0 Å². The molecule has 0 unspecified atom stereocenters. The fourth-order valence-electron chi connectivity index (χ4n) is 2.39. The van der Waals surface area contributed by atoms with Gasteiger partial charge in [-0.15, -0.1) is 0 Å². The molecule has 0 fully saturated rings. The van der Waals surface area contributed by atoms with Crippen LogP contribution >= 0.6 is 0 Å². The van der Waals surface area contributed by atoms with E-state index in [4.69, 9.17) is 5.73 Å². The number of carbonyl (C=O) groups excluding carboxylic acids is 1. The summed E-state index contributed by atoms with van der Waals surface area (Å²) in [5.41, 5.74) is 4.83.